The molecule has 1 amide bonds. The Bertz CT molecular complexity index is 2240. The van der Waals surface area contributed by atoms with Crippen molar-refractivity contribution in [1.82, 2.24) is 19.5 Å². The van der Waals surface area contributed by atoms with E-state index in [2.05, 4.69) is 43.8 Å². The summed E-state index contributed by atoms with van der Waals surface area (Å²) in [4.78, 5) is 29.4. The lowest BCUT2D eigenvalue weighted by Crippen LogP contribution is -2.28. The van der Waals surface area contributed by atoms with Gasteiger partial charge < -0.3 is 9.67 Å². The molecule has 7 heteroatoms. The molecule has 0 saturated heterocycles. The van der Waals surface area contributed by atoms with Crippen LogP contribution in [0.3, 0.4) is 0 Å². The Morgan fingerprint density at radius 3 is 2.14 bits per heavy atom. The summed E-state index contributed by atoms with van der Waals surface area (Å²) >= 11 is 0. The van der Waals surface area contributed by atoms with E-state index in [9.17, 15) is 9.90 Å². The molecule has 3 heterocycles. The van der Waals surface area contributed by atoms with Crippen molar-refractivity contribution >= 4 is 33.4 Å². The molecule has 0 bridgehead atoms. The summed E-state index contributed by atoms with van der Waals surface area (Å²) in [6.45, 7) is 3.73. The Morgan fingerprint density at radius 1 is 0.636 bits per heavy atom. The molecular weight excluding hydrogens is 546 g/mol. The number of benzene rings is 5. The molecule has 0 fully saturated rings. The van der Waals surface area contributed by atoms with Crippen LogP contribution in [-0.2, 0) is 0 Å². The van der Waals surface area contributed by atoms with Crippen molar-refractivity contribution in [3.05, 3.63) is 138 Å². The molecule has 44 heavy (non-hydrogen) atoms. The van der Waals surface area contributed by atoms with E-state index >= 15 is 0 Å². The lowest BCUT2D eigenvalue weighted by molar-refractivity contribution is 0.0935. The monoisotopic (exact) mass is 573 g/mol. The number of fused-ring (bicyclic) bond motifs is 4. The van der Waals surface area contributed by atoms with Crippen LogP contribution < -0.4 is 4.90 Å². The summed E-state index contributed by atoms with van der Waals surface area (Å²) in [6.07, 6.45) is -1.13. The highest BCUT2D eigenvalue weighted by atomic mass is 16.3. The molecule has 0 aliphatic carbocycles. The summed E-state index contributed by atoms with van der Waals surface area (Å²) < 4.78 is 2.12. The number of hydrogen-bond donors (Lipinski definition) is 1. The number of aliphatic hydroxyl groups is 1. The van der Waals surface area contributed by atoms with Crippen LogP contribution in [0.4, 0.5) is 5.69 Å². The Balaban J connectivity index is 1.32. The Kier molecular flexibility index (Phi) is 5.89. The molecule has 1 N–H and O–H groups in total. The molecule has 212 valence electrons. The number of anilines is 1. The number of carbonyl (C=O) groups excluding carboxylic acids is 1. The second-order valence-electron chi connectivity index (χ2n) is 11.0. The predicted octanol–water partition coefficient (Wildman–Crippen LogP) is 7.57. The van der Waals surface area contributed by atoms with Crippen LogP contribution in [0.2, 0.25) is 0 Å². The van der Waals surface area contributed by atoms with Crippen molar-refractivity contribution < 1.29 is 9.90 Å². The van der Waals surface area contributed by atoms with Crippen molar-refractivity contribution in [2.24, 2.45) is 0 Å². The van der Waals surface area contributed by atoms with Gasteiger partial charge in [0.05, 0.1) is 28.0 Å². The van der Waals surface area contributed by atoms with Gasteiger partial charge in [-0.3, -0.25) is 9.69 Å². The van der Waals surface area contributed by atoms with Gasteiger partial charge in [-0.2, -0.15) is 0 Å². The summed E-state index contributed by atoms with van der Waals surface area (Å²) in [5, 5.41) is 13.7. The summed E-state index contributed by atoms with van der Waals surface area (Å²) in [5.74, 6) is 1.72. The first-order valence-electron chi connectivity index (χ1n) is 14.5. The molecule has 7 nitrogen and oxygen atoms in total. The van der Waals surface area contributed by atoms with Crippen LogP contribution in [0.25, 0.3) is 50.0 Å². The average Bonchev–Trinajstić information content (AvgIpc) is 3.51. The highest BCUT2D eigenvalue weighted by Crippen LogP contribution is 2.44. The molecule has 0 spiro atoms. The number of amides is 1. The molecule has 2 aromatic heterocycles. The average molecular weight is 574 g/mol. The Hall–Kier alpha value is -5.66. The molecular formula is C37H27N5O2. The van der Waals surface area contributed by atoms with E-state index < -0.39 is 6.23 Å². The molecule has 8 rings (SSSR count). The lowest BCUT2D eigenvalue weighted by Gasteiger charge is -2.24. The van der Waals surface area contributed by atoms with E-state index in [4.69, 9.17) is 0 Å². The molecule has 0 saturated carbocycles. The van der Waals surface area contributed by atoms with Crippen LogP contribution >= 0.6 is 0 Å². The second-order valence-corrected chi connectivity index (χ2v) is 11.0. The van der Waals surface area contributed by atoms with Gasteiger partial charge in [0.2, 0.25) is 0 Å². The van der Waals surface area contributed by atoms with Crippen molar-refractivity contribution in [2.75, 3.05) is 4.90 Å². The maximum absolute atomic E-state index is 14.4. The minimum Gasteiger partial charge on any atom is -0.369 e. The van der Waals surface area contributed by atoms with Crippen LogP contribution in [0.1, 0.15) is 33.8 Å². The first-order valence-corrected chi connectivity index (χ1v) is 14.5. The fourth-order valence-electron chi connectivity index (χ4n) is 6.47. The van der Waals surface area contributed by atoms with Crippen LogP contribution in [-0.4, -0.2) is 30.5 Å². The minimum absolute atomic E-state index is 0.245. The quantitative estimate of drug-likeness (QED) is 0.235. The fraction of sp³-hybridized carbons (Fsp3) is 0.0811. The SMILES string of the molecule is Cc1nc(C)nc(-c2ccc3c(c2)c2ccccc2n3-c2cccc3c2C(=O)N(c2ccccc2-c2ccccc2)C3O)n1. The number of aliphatic hydroxyl groups excluding tert-OH is 1. The third-order valence-corrected chi connectivity index (χ3v) is 8.31. The van der Waals surface area contributed by atoms with Crippen molar-refractivity contribution in [2.45, 2.75) is 20.1 Å². The van der Waals surface area contributed by atoms with E-state index in [1.165, 1.54) is 4.90 Å². The van der Waals surface area contributed by atoms with Crippen LogP contribution in [0, 0.1) is 13.8 Å². The molecule has 1 atom stereocenters. The second kappa shape index (κ2) is 9.97. The first-order chi connectivity index (χ1) is 21.5. The zero-order chi connectivity index (χ0) is 29.9. The van der Waals surface area contributed by atoms with Gasteiger partial charge in [-0.1, -0.05) is 78.9 Å². The number of nitrogens with zero attached hydrogens (tertiary/aromatic N) is 5. The highest BCUT2D eigenvalue weighted by Gasteiger charge is 2.40. The number of aryl methyl sites for hydroxylation is 2. The lowest BCUT2D eigenvalue weighted by atomic mass is 10.0. The van der Waals surface area contributed by atoms with E-state index in [1.807, 2.05) is 105 Å². The smallest absolute Gasteiger partial charge is 0.263 e. The maximum atomic E-state index is 14.4. The summed E-state index contributed by atoms with van der Waals surface area (Å²) in [5.41, 5.74) is 7.09. The Morgan fingerprint density at radius 2 is 1.32 bits per heavy atom. The summed E-state index contributed by atoms with van der Waals surface area (Å²) in [6, 6.07) is 37.7. The Labute approximate surface area is 253 Å². The zero-order valence-electron chi connectivity index (χ0n) is 24.1. The third-order valence-electron chi connectivity index (χ3n) is 8.31. The number of para-hydroxylation sites is 2. The molecule has 5 aromatic carbocycles. The highest BCUT2D eigenvalue weighted by molar-refractivity contribution is 6.16. The van der Waals surface area contributed by atoms with E-state index in [0.29, 0.717) is 34.3 Å². The molecule has 0 radical (unpaired) electrons. The van der Waals surface area contributed by atoms with Crippen molar-refractivity contribution in [3.63, 3.8) is 0 Å². The van der Waals surface area contributed by atoms with Gasteiger partial charge in [0, 0.05) is 27.5 Å². The number of carbonyl (C=O) groups is 1. The standard InChI is InChI=1S/C37H27N5O2/c1-22-38-23(2)40-35(39-22)25-19-20-32-29(21-25)27-14-7-9-17-31(27)41(32)33-18-10-15-28-34(33)37(44)42(36(28)43)30-16-8-6-13-26(30)24-11-4-3-5-12-24/h3-21,36,43H,1-2H3. The van der Waals surface area contributed by atoms with Crippen LogP contribution in [0.5, 0.6) is 0 Å². The van der Waals surface area contributed by atoms with Gasteiger partial charge in [-0.15, -0.1) is 0 Å². The molecule has 1 aliphatic rings. The zero-order valence-corrected chi connectivity index (χ0v) is 24.1. The predicted molar refractivity (Wildman–Crippen MR) is 173 cm³/mol. The normalized spacial score (nSPS) is 14.5. The van der Waals surface area contributed by atoms with Gasteiger partial charge in [0.25, 0.3) is 5.91 Å². The first kappa shape index (κ1) is 26.0. The molecule has 1 aliphatic heterocycles. The third kappa shape index (κ3) is 3.94. The van der Waals surface area contributed by atoms with Gasteiger partial charge in [0.1, 0.15) is 11.6 Å². The van der Waals surface area contributed by atoms with E-state index in [1.54, 1.807) is 0 Å². The van der Waals surface area contributed by atoms with Crippen molar-refractivity contribution in [3.8, 4) is 28.2 Å². The summed E-state index contributed by atoms with van der Waals surface area (Å²) in [7, 11) is 0. The topological polar surface area (TPSA) is 84.1 Å². The van der Waals surface area contributed by atoms with Gasteiger partial charge in [0.15, 0.2) is 12.1 Å². The van der Waals surface area contributed by atoms with E-state index in [-0.39, 0.29) is 5.91 Å². The van der Waals surface area contributed by atoms with Crippen LogP contribution in [0.15, 0.2) is 115 Å². The van der Waals surface area contributed by atoms with Gasteiger partial charge in [-0.05, 0) is 55.8 Å². The maximum Gasteiger partial charge on any atom is 0.263 e. The van der Waals surface area contributed by atoms with Gasteiger partial charge >= 0.3 is 0 Å². The van der Waals surface area contributed by atoms with Gasteiger partial charge in [-0.25, -0.2) is 15.0 Å². The van der Waals surface area contributed by atoms with Crippen molar-refractivity contribution in [1.29, 1.82) is 0 Å². The molecule has 7 aromatic rings. The fourth-order valence-corrected chi connectivity index (χ4v) is 6.47. The van der Waals surface area contributed by atoms with E-state index in [0.717, 1.165) is 44.2 Å². The minimum atomic E-state index is -1.13. The molecule has 1 unspecified atom stereocenters. The number of aromatic nitrogens is 4. The number of hydrogen-bond acceptors (Lipinski definition) is 5. The number of rotatable bonds is 4. The largest absolute Gasteiger partial charge is 0.369 e.